The first-order valence-electron chi connectivity index (χ1n) is 7.32. The van der Waals surface area contributed by atoms with Crippen LogP contribution in [-0.4, -0.2) is 22.5 Å². The summed E-state index contributed by atoms with van der Waals surface area (Å²) < 4.78 is 0. The van der Waals surface area contributed by atoms with Crippen molar-refractivity contribution in [2.45, 2.75) is 52.0 Å². The van der Waals surface area contributed by atoms with Crippen molar-refractivity contribution in [3.05, 3.63) is 35.9 Å². The maximum absolute atomic E-state index is 12.2. The SMILES string of the molecule is CC(CC(=O)NC(C)(CC(=O)O)C(C)C)c1ccccc1. The first-order chi connectivity index (χ1) is 9.74. The Morgan fingerprint density at radius 2 is 1.76 bits per heavy atom. The predicted octanol–water partition coefficient (Wildman–Crippen LogP) is 3.19. The van der Waals surface area contributed by atoms with Crippen LogP contribution in [0.15, 0.2) is 30.3 Å². The third-order valence-corrected chi connectivity index (χ3v) is 4.08. The number of hydrogen-bond acceptors (Lipinski definition) is 2. The topological polar surface area (TPSA) is 66.4 Å². The highest BCUT2D eigenvalue weighted by molar-refractivity contribution is 5.79. The average molecular weight is 291 g/mol. The minimum absolute atomic E-state index is 0.0459. The lowest BCUT2D eigenvalue weighted by Gasteiger charge is -2.34. The molecule has 0 saturated carbocycles. The van der Waals surface area contributed by atoms with Crippen LogP contribution in [0.5, 0.6) is 0 Å². The molecule has 0 bridgehead atoms. The monoisotopic (exact) mass is 291 g/mol. The fourth-order valence-electron chi connectivity index (χ4n) is 2.25. The largest absolute Gasteiger partial charge is 0.481 e. The molecule has 21 heavy (non-hydrogen) atoms. The van der Waals surface area contributed by atoms with E-state index in [2.05, 4.69) is 5.32 Å². The lowest BCUT2D eigenvalue weighted by atomic mass is 9.84. The number of nitrogens with one attached hydrogen (secondary N) is 1. The van der Waals surface area contributed by atoms with E-state index in [9.17, 15) is 9.59 Å². The zero-order chi connectivity index (χ0) is 16.0. The summed E-state index contributed by atoms with van der Waals surface area (Å²) in [6.07, 6.45) is 0.280. The van der Waals surface area contributed by atoms with Gasteiger partial charge in [-0.15, -0.1) is 0 Å². The summed E-state index contributed by atoms with van der Waals surface area (Å²) in [7, 11) is 0. The van der Waals surface area contributed by atoms with Gasteiger partial charge in [0.05, 0.1) is 6.42 Å². The van der Waals surface area contributed by atoms with Crippen LogP contribution in [0.1, 0.15) is 52.0 Å². The molecule has 1 aromatic rings. The minimum atomic E-state index is -0.900. The molecule has 1 aromatic carbocycles. The molecule has 0 spiro atoms. The highest BCUT2D eigenvalue weighted by Gasteiger charge is 2.33. The van der Waals surface area contributed by atoms with Gasteiger partial charge >= 0.3 is 5.97 Å². The number of carboxylic acids is 1. The van der Waals surface area contributed by atoms with E-state index in [4.69, 9.17) is 5.11 Å². The lowest BCUT2D eigenvalue weighted by Crippen LogP contribution is -2.51. The zero-order valence-corrected chi connectivity index (χ0v) is 13.2. The van der Waals surface area contributed by atoms with Crippen molar-refractivity contribution in [1.29, 1.82) is 0 Å². The van der Waals surface area contributed by atoms with Gasteiger partial charge in [-0.1, -0.05) is 51.1 Å². The number of benzene rings is 1. The van der Waals surface area contributed by atoms with Gasteiger partial charge in [0.15, 0.2) is 0 Å². The highest BCUT2D eigenvalue weighted by Crippen LogP contribution is 2.23. The van der Waals surface area contributed by atoms with Crippen LogP contribution >= 0.6 is 0 Å². The molecule has 2 unspecified atom stereocenters. The summed E-state index contributed by atoms with van der Waals surface area (Å²) in [6.45, 7) is 7.63. The van der Waals surface area contributed by atoms with Gasteiger partial charge in [-0.2, -0.15) is 0 Å². The second-order valence-electron chi connectivity index (χ2n) is 6.21. The van der Waals surface area contributed by atoms with E-state index in [-0.39, 0.29) is 24.2 Å². The molecule has 2 N–H and O–H groups in total. The maximum atomic E-state index is 12.2. The van der Waals surface area contributed by atoms with Gasteiger partial charge in [-0.3, -0.25) is 9.59 Å². The van der Waals surface area contributed by atoms with E-state index in [0.717, 1.165) is 5.56 Å². The summed E-state index contributed by atoms with van der Waals surface area (Å²) in [5, 5.41) is 11.9. The van der Waals surface area contributed by atoms with Crippen LogP contribution in [0.3, 0.4) is 0 Å². The molecular weight excluding hydrogens is 266 g/mol. The summed E-state index contributed by atoms with van der Waals surface area (Å²) in [5.41, 5.74) is 0.386. The maximum Gasteiger partial charge on any atom is 0.305 e. The third kappa shape index (κ3) is 5.21. The van der Waals surface area contributed by atoms with Crippen molar-refractivity contribution in [3.8, 4) is 0 Å². The molecule has 4 nitrogen and oxygen atoms in total. The number of carboxylic acid groups (broad SMARTS) is 1. The molecule has 0 saturated heterocycles. The van der Waals surface area contributed by atoms with Gasteiger partial charge in [0.1, 0.15) is 0 Å². The molecule has 0 aromatic heterocycles. The Balaban J connectivity index is 2.68. The molecule has 1 rings (SSSR count). The Bertz CT molecular complexity index is 484. The molecule has 0 fully saturated rings. The van der Waals surface area contributed by atoms with Crippen molar-refractivity contribution in [1.82, 2.24) is 5.32 Å². The van der Waals surface area contributed by atoms with Crippen molar-refractivity contribution < 1.29 is 14.7 Å². The Labute approximate surface area is 126 Å². The van der Waals surface area contributed by atoms with E-state index in [1.807, 2.05) is 51.1 Å². The van der Waals surface area contributed by atoms with Crippen molar-refractivity contribution in [3.63, 3.8) is 0 Å². The van der Waals surface area contributed by atoms with E-state index in [0.29, 0.717) is 6.42 Å². The Hall–Kier alpha value is -1.84. The normalized spacial score (nSPS) is 15.3. The first-order valence-corrected chi connectivity index (χ1v) is 7.32. The molecule has 0 aliphatic rings. The number of aliphatic carboxylic acids is 1. The Morgan fingerprint density at radius 3 is 2.24 bits per heavy atom. The van der Waals surface area contributed by atoms with Crippen LogP contribution in [0, 0.1) is 5.92 Å². The molecule has 0 heterocycles. The predicted molar refractivity (Wildman–Crippen MR) is 83.1 cm³/mol. The molecule has 2 atom stereocenters. The molecule has 0 radical (unpaired) electrons. The van der Waals surface area contributed by atoms with Gasteiger partial charge in [0, 0.05) is 12.0 Å². The number of hydrogen-bond donors (Lipinski definition) is 2. The summed E-state index contributed by atoms with van der Waals surface area (Å²) in [5.74, 6) is -0.858. The molecule has 4 heteroatoms. The van der Waals surface area contributed by atoms with Gasteiger partial charge in [0.25, 0.3) is 0 Å². The standard InChI is InChI=1S/C17H25NO3/c1-12(2)17(4,11-16(20)21)18-15(19)10-13(3)14-8-6-5-7-9-14/h5-9,12-13H,10-11H2,1-4H3,(H,18,19)(H,20,21). The fraction of sp³-hybridized carbons (Fsp3) is 0.529. The highest BCUT2D eigenvalue weighted by atomic mass is 16.4. The number of carbonyl (C=O) groups excluding carboxylic acids is 1. The molecule has 0 aliphatic carbocycles. The van der Waals surface area contributed by atoms with Crippen molar-refractivity contribution >= 4 is 11.9 Å². The second-order valence-corrected chi connectivity index (χ2v) is 6.21. The van der Waals surface area contributed by atoms with Crippen molar-refractivity contribution in [2.75, 3.05) is 0 Å². The Morgan fingerprint density at radius 1 is 1.19 bits per heavy atom. The molecule has 0 aliphatic heterocycles. The Kier molecular flexibility index (Phi) is 5.94. The average Bonchev–Trinajstić information content (AvgIpc) is 2.38. The third-order valence-electron chi connectivity index (χ3n) is 4.08. The first kappa shape index (κ1) is 17.2. The summed E-state index contributed by atoms with van der Waals surface area (Å²) in [6, 6.07) is 9.84. The van der Waals surface area contributed by atoms with Crippen LogP contribution in [-0.2, 0) is 9.59 Å². The van der Waals surface area contributed by atoms with Crippen LogP contribution in [0.25, 0.3) is 0 Å². The smallest absolute Gasteiger partial charge is 0.305 e. The summed E-state index contributed by atoms with van der Waals surface area (Å²) >= 11 is 0. The van der Waals surface area contributed by atoms with Crippen LogP contribution in [0.2, 0.25) is 0 Å². The van der Waals surface area contributed by atoms with Gasteiger partial charge in [0.2, 0.25) is 5.91 Å². The lowest BCUT2D eigenvalue weighted by molar-refractivity contribution is -0.139. The quantitative estimate of drug-likeness (QED) is 0.810. The van der Waals surface area contributed by atoms with Crippen LogP contribution < -0.4 is 5.32 Å². The van der Waals surface area contributed by atoms with E-state index < -0.39 is 11.5 Å². The molecular formula is C17H25NO3. The minimum Gasteiger partial charge on any atom is -0.481 e. The molecule has 1 amide bonds. The van der Waals surface area contributed by atoms with Crippen molar-refractivity contribution in [2.24, 2.45) is 5.92 Å². The number of amides is 1. The second kappa shape index (κ2) is 7.25. The number of carbonyl (C=O) groups is 2. The summed E-state index contributed by atoms with van der Waals surface area (Å²) in [4.78, 5) is 23.2. The number of rotatable bonds is 7. The van der Waals surface area contributed by atoms with E-state index in [1.165, 1.54) is 0 Å². The van der Waals surface area contributed by atoms with Crippen LogP contribution in [0.4, 0.5) is 0 Å². The van der Waals surface area contributed by atoms with E-state index in [1.54, 1.807) is 6.92 Å². The van der Waals surface area contributed by atoms with Gasteiger partial charge in [-0.25, -0.2) is 0 Å². The fourth-order valence-corrected chi connectivity index (χ4v) is 2.25. The van der Waals surface area contributed by atoms with Gasteiger partial charge < -0.3 is 10.4 Å². The van der Waals surface area contributed by atoms with Gasteiger partial charge in [-0.05, 0) is 24.3 Å². The van der Waals surface area contributed by atoms with E-state index >= 15 is 0 Å². The zero-order valence-electron chi connectivity index (χ0n) is 13.2. The molecule has 116 valence electrons.